The first-order valence-electron chi connectivity index (χ1n) is 5.13. The zero-order valence-corrected chi connectivity index (χ0v) is 11.3. The number of halogens is 2. The summed E-state index contributed by atoms with van der Waals surface area (Å²) in [6.07, 6.45) is 0. The molecule has 0 aliphatic carbocycles. The van der Waals surface area contributed by atoms with Crippen molar-refractivity contribution in [2.75, 3.05) is 0 Å². The Balaban J connectivity index is 2.58. The summed E-state index contributed by atoms with van der Waals surface area (Å²) in [5.74, 6) is -1.46. The molecule has 1 aromatic carbocycles. The first kappa shape index (κ1) is 12.8. The summed E-state index contributed by atoms with van der Waals surface area (Å²) in [6.45, 7) is 1.66. The van der Waals surface area contributed by atoms with Crippen molar-refractivity contribution in [2.24, 2.45) is 7.05 Å². The van der Waals surface area contributed by atoms with Crippen LogP contribution in [-0.2, 0) is 7.05 Å². The van der Waals surface area contributed by atoms with Crippen molar-refractivity contribution in [3.8, 4) is 11.3 Å². The van der Waals surface area contributed by atoms with E-state index in [-0.39, 0.29) is 11.5 Å². The van der Waals surface area contributed by atoms with Gasteiger partial charge in [0.1, 0.15) is 5.82 Å². The second-order valence-corrected chi connectivity index (χ2v) is 4.76. The lowest BCUT2D eigenvalue weighted by Crippen LogP contribution is -1.99. The SMILES string of the molecule is Cc1c(F)cc(-c2cc(C(=O)O)nn2C)cc1Br. The van der Waals surface area contributed by atoms with Gasteiger partial charge in [-0.15, -0.1) is 0 Å². The summed E-state index contributed by atoms with van der Waals surface area (Å²) in [4.78, 5) is 10.8. The molecule has 0 aliphatic heterocycles. The maximum atomic E-state index is 13.6. The molecule has 0 amide bonds. The number of benzene rings is 1. The second-order valence-electron chi connectivity index (χ2n) is 3.91. The molecule has 0 aliphatic rings. The van der Waals surface area contributed by atoms with Crippen LogP contribution in [0.15, 0.2) is 22.7 Å². The fourth-order valence-electron chi connectivity index (χ4n) is 1.64. The molecule has 1 N–H and O–H groups in total. The number of aryl methyl sites for hydroxylation is 1. The third kappa shape index (κ3) is 2.15. The number of carboxylic acids is 1. The summed E-state index contributed by atoms with van der Waals surface area (Å²) in [5.41, 5.74) is 1.57. The quantitative estimate of drug-likeness (QED) is 0.927. The van der Waals surface area contributed by atoms with E-state index in [0.717, 1.165) is 0 Å². The van der Waals surface area contributed by atoms with E-state index in [4.69, 9.17) is 5.11 Å². The van der Waals surface area contributed by atoms with Crippen LogP contribution in [0.4, 0.5) is 4.39 Å². The van der Waals surface area contributed by atoms with Crippen molar-refractivity contribution < 1.29 is 14.3 Å². The number of rotatable bonds is 2. The van der Waals surface area contributed by atoms with Crippen molar-refractivity contribution in [1.82, 2.24) is 9.78 Å². The molecule has 1 aromatic heterocycles. The molecule has 94 valence electrons. The highest BCUT2D eigenvalue weighted by Gasteiger charge is 2.14. The standard InChI is InChI=1S/C12H10BrFN2O2/c1-6-8(13)3-7(4-9(6)14)11-5-10(12(17)18)15-16(11)2/h3-5H,1-2H3,(H,17,18). The van der Waals surface area contributed by atoms with Gasteiger partial charge in [-0.2, -0.15) is 5.10 Å². The zero-order valence-electron chi connectivity index (χ0n) is 9.74. The number of hydrogen-bond donors (Lipinski definition) is 1. The molecule has 0 radical (unpaired) electrons. The maximum absolute atomic E-state index is 13.6. The van der Waals surface area contributed by atoms with Crippen molar-refractivity contribution in [3.05, 3.63) is 39.7 Å². The van der Waals surface area contributed by atoms with E-state index in [1.54, 1.807) is 20.0 Å². The van der Waals surface area contributed by atoms with Crippen LogP contribution >= 0.6 is 15.9 Å². The number of carbonyl (C=O) groups is 1. The second kappa shape index (κ2) is 4.53. The largest absolute Gasteiger partial charge is 0.476 e. The van der Waals surface area contributed by atoms with Crippen LogP contribution in [0.25, 0.3) is 11.3 Å². The van der Waals surface area contributed by atoms with Crippen LogP contribution in [0.2, 0.25) is 0 Å². The highest BCUT2D eigenvalue weighted by molar-refractivity contribution is 9.10. The fourth-order valence-corrected chi connectivity index (χ4v) is 2.07. The minimum absolute atomic E-state index is 0.0652. The molecule has 1 heterocycles. The molecule has 0 fully saturated rings. The molecule has 0 spiro atoms. The van der Waals surface area contributed by atoms with E-state index in [1.807, 2.05) is 0 Å². The maximum Gasteiger partial charge on any atom is 0.356 e. The molecule has 2 rings (SSSR count). The number of aromatic carboxylic acids is 1. The minimum atomic E-state index is -1.11. The number of nitrogens with zero attached hydrogens (tertiary/aromatic N) is 2. The number of aromatic nitrogens is 2. The highest BCUT2D eigenvalue weighted by Crippen LogP contribution is 2.28. The highest BCUT2D eigenvalue weighted by atomic mass is 79.9. The summed E-state index contributed by atoms with van der Waals surface area (Å²) >= 11 is 3.27. The fraction of sp³-hybridized carbons (Fsp3) is 0.167. The third-order valence-electron chi connectivity index (χ3n) is 2.68. The number of hydrogen-bond acceptors (Lipinski definition) is 2. The van der Waals surface area contributed by atoms with E-state index in [0.29, 0.717) is 21.3 Å². The lowest BCUT2D eigenvalue weighted by molar-refractivity contribution is 0.0689. The predicted molar refractivity (Wildman–Crippen MR) is 68.0 cm³/mol. The van der Waals surface area contributed by atoms with Crippen molar-refractivity contribution in [2.45, 2.75) is 6.92 Å². The van der Waals surface area contributed by atoms with Crippen LogP contribution in [0.5, 0.6) is 0 Å². The van der Waals surface area contributed by atoms with Gasteiger partial charge in [0.05, 0.1) is 5.69 Å². The first-order valence-corrected chi connectivity index (χ1v) is 5.93. The van der Waals surface area contributed by atoms with Crippen LogP contribution in [0, 0.1) is 12.7 Å². The minimum Gasteiger partial charge on any atom is -0.476 e. The van der Waals surface area contributed by atoms with Crippen molar-refractivity contribution >= 4 is 21.9 Å². The van der Waals surface area contributed by atoms with Crippen LogP contribution in [0.1, 0.15) is 16.1 Å². The molecule has 0 saturated heterocycles. The summed E-state index contributed by atoms with van der Waals surface area (Å²) in [6, 6.07) is 4.52. The molecule has 0 unspecified atom stereocenters. The van der Waals surface area contributed by atoms with Gasteiger partial charge >= 0.3 is 5.97 Å². The first-order chi connectivity index (χ1) is 8.40. The Labute approximate surface area is 111 Å². The van der Waals surface area contributed by atoms with Crippen molar-refractivity contribution in [3.63, 3.8) is 0 Å². The molecule has 0 bridgehead atoms. The van der Waals surface area contributed by atoms with Gasteiger partial charge in [-0.05, 0) is 30.7 Å². The Morgan fingerprint density at radius 1 is 1.44 bits per heavy atom. The Hall–Kier alpha value is -1.69. The normalized spacial score (nSPS) is 10.7. The third-order valence-corrected chi connectivity index (χ3v) is 3.50. The van der Waals surface area contributed by atoms with Gasteiger partial charge < -0.3 is 5.11 Å². The van der Waals surface area contributed by atoms with Crippen LogP contribution < -0.4 is 0 Å². The van der Waals surface area contributed by atoms with E-state index in [2.05, 4.69) is 21.0 Å². The smallest absolute Gasteiger partial charge is 0.356 e. The Bertz CT molecular complexity index is 614. The van der Waals surface area contributed by atoms with Gasteiger partial charge in [-0.3, -0.25) is 4.68 Å². The summed E-state index contributed by atoms with van der Waals surface area (Å²) in [5, 5.41) is 12.7. The van der Waals surface area contributed by atoms with E-state index in [1.165, 1.54) is 16.8 Å². The lowest BCUT2D eigenvalue weighted by Gasteiger charge is -2.06. The zero-order chi connectivity index (χ0) is 13.4. The van der Waals surface area contributed by atoms with Gasteiger partial charge in [0.25, 0.3) is 0 Å². The Morgan fingerprint density at radius 2 is 2.11 bits per heavy atom. The molecule has 0 atom stereocenters. The lowest BCUT2D eigenvalue weighted by atomic mass is 10.1. The number of carboxylic acid groups (broad SMARTS) is 1. The molecule has 18 heavy (non-hydrogen) atoms. The van der Waals surface area contributed by atoms with E-state index in [9.17, 15) is 9.18 Å². The molecular weight excluding hydrogens is 303 g/mol. The predicted octanol–water partition coefficient (Wildman–Crippen LogP) is 3.00. The van der Waals surface area contributed by atoms with Crippen LogP contribution in [0.3, 0.4) is 0 Å². The van der Waals surface area contributed by atoms with Gasteiger partial charge in [0.15, 0.2) is 5.69 Å². The Morgan fingerprint density at radius 3 is 2.61 bits per heavy atom. The molecular formula is C12H10BrFN2O2. The topological polar surface area (TPSA) is 55.1 Å². The van der Waals surface area contributed by atoms with E-state index >= 15 is 0 Å². The molecule has 2 aromatic rings. The van der Waals surface area contributed by atoms with Gasteiger partial charge in [-0.25, -0.2) is 9.18 Å². The molecule has 0 saturated carbocycles. The summed E-state index contributed by atoms with van der Waals surface area (Å²) in [7, 11) is 1.62. The average molecular weight is 313 g/mol. The van der Waals surface area contributed by atoms with E-state index < -0.39 is 5.97 Å². The monoisotopic (exact) mass is 312 g/mol. The molecule has 4 nitrogen and oxygen atoms in total. The van der Waals surface area contributed by atoms with Gasteiger partial charge in [0.2, 0.25) is 0 Å². The van der Waals surface area contributed by atoms with Gasteiger partial charge in [0, 0.05) is 17.1 Å². The Kier molecular flexibility index (Phi) is 3.21. The summed E-state index contributed by atoms with van der Waals surface area (Å²) < 4.78 is 15.7. The van der Waals surface area contributed by atoms with Crippen LogP contribution in [-0.4, -0.2) is 20.9 Å². The molecule has 6 heteroatoms. The average Bonchev–Trinajstić information content (AvgIpc) is 2.68. The van der Waals surface area contributed by atoms with Crippen molar-refractivity contribution in [1.29, 1.82) is 0 Å². The van der Waals surface area contributed by atoms with Gasteiger partial charge in [-0.1, -0.05) is 15.9 Å².